The summed E-state index contributed by atoms with van der Waals surface area (Å²) in [5, 5.41) is 0.0624. The zero-order valence-corrected chi connectivity index (χ0v) is 19.2. The number of hydrogen-bond acceptors (Lipinski definition) is 6. The van der Waals surface area contributed by atoms with E-state index < -0.39 is 16.1 Å². The van der Waals surface area contributed by atoms with Crippen molar-refractivity contribution in [1.29, 1.82) is 0 Å². The molecule has 0 spiro atoms. The Balaban J connectivity index is 1.50. The van der Waals surface area contributed by atoms with Crippen LogP contribution in [-0.4, -0.2) is 34.8 Å². The normalized spacial score (nSPS) is 15.7. The fraction of sp³-hybridized carbons (Fsp3) is 0.250. The molecule has 0 amide bonds. The Bertz CT molecular complexity index is 1270. The maximum absolute atomic E-state index is 13.5. The molecule has 1 atom stereocenters. The van der Waals surface area contributed by atoms with Crippen molar-refractivity contribution in [3.8, 4) is 23.0 Å². The monoisotopic (exact) mass is 487 g/mol. The lowest BCUT2D eigenvalue weighted by Gasteiger charge is -2.24. The van der Waals surface area contributed by atoms with Crippen LogP contribution in [0.2, 0.25) is 5.02 Å². The summed E-state index contributed by atoms with van der Waals surface area (Å²) in [5.41, 5.74) is 1.73. The number of ether oxygens (including phenoxy) is 4. The van der Waals surface area contributed by atoms with Gasteiger partial charge in [-0.25, -0.2) is 13.1 Å². The van der Waals surface area contributed by atoms with E-state index in [0.29, 0.717) is 55.8 Å². The van der Waals surface area contributed by atoms with E-state index in [2.05, 4.69) is 4.72 Å². The molecule has 2 aliphatic rings. The Morgan fingerprint density at radius 1 is 0.788 bits per heavy atom. The molecule has 0 saturated carbocycles. The second kappa shape index (κ2) is 9.13. The first kappa shape index (κ1) is 21.9. The molecule has 1 N–H and O–H groups in total. The van der Waals surface area contributed by atoms with Crippen LogP contribution in [0.15, 0.2) is 65.6 Å². The maximum atomic E-state index is 13.5. The maximum Gasteiger partial charge on any atom is 0.242 e. The number of nitrogens with one attached hydrogen (secondary N) is 1. The molecular weight excluding hydrogens is 466 g/mol. The molecule has 5 rings (SSSR count). The Morgan fingerprint density at radius 2 is 1.39 bits per heavy atom. The Kier molecular flexibility index (Phi) is 6.05. The van der Waals surface area contributed by atoms with Crippen molar-refractivity contribution >= 4 is 21.6 Å². The van der Waals surface area contributed by atoms with E-state index in [1.54, 1.807) is 6.07 Å². The minimum atomic E-state index is -4.00. The van der Waals surface area contributed by atoms with E-state index in [1.807, 2.05) is 42.5 Å². The first-order chi connectivity index (χ1) is 16.0. The summed E-state index contributed by atoms with van der Waals surface area (Å²) in [6.45, 7) is 1.65. The van der Waals surface area contributed by atoms with Crippen molar-refractivity contribution in [3.63, 3.8) is 0 Å². The van der Waals surface area contributed by atoms with Gasteiger partial charge in [0.05, 0.1) is 11.1 Å². The number of sulfonamides is 1. The highest BCUT2D eigenvalue weighted by molar-refractivity contribution is 7.89. The Hall–Kier alpha value is -2.94. The molecule has 0 aromatic heterocycles. The number of fused-ring (bicyclic) bond motifs is 2. The van der Waals surface area contributed by atoms with Crippen molar-refractivity contribution in [2.24, 2.45) is 0 Å². The number of benzene rings is 3. The highest BCUT2D eigenvalue weighted by atomic mass is 35.5. The molecule has 9 heteroatoms. The van der Waals surface area contributed by atoms with Crippen LogP contribution in [0.4, 0.5) is 0 Å². The molecule has 0 saturated heterocycles. The molecule has 1 unspecified atom stereocenters. The second-order valence-electron chi connectivity index (χ2n) is 7.69. The van der Waals surface area contributed by atoms with Crippen molar-refractivity contribution < 1.29 is 27.4 Å². The Morgan fingerprint density at radius 3 is 2.09 bits per heavy atom. The predicted octanol–water partition coefficient (Wildman–Crippen LogP) is 4.14. The number of rotatable bonds is 6. The lowest BCUT2D eigenvalue weighted by molar-refractivity contribution is 0.171. The smallest absolute Gasteiger partial charge is 0.242 e. The third-order valence-electron chi connectivity index (χ3n) is 5.43. The van der Waals surface area contributed by atoms with Gasteiger partial charge in [0.2, 0.25) is 10.0 Å². The standard InChI is InChI=1S/C24H22ClNO6S/c25-18-14-22-23(32-11-10-31-22)15-24(18)33(27,28)26-19(12-16-4-2-1-3-5-16)17-6-7-20-21(13-17)30-9-8-29-20/h1-7,13-15,19,26H,8-12H2. The van der Waals surface area contributed by atoms with E-state index >= 15 is 0 Å². The largest absolute Gasteiger partial charge is 0.486 e. The molecule has 3 aromatic rings. The van der Waals surface area contributed by atoms with Gasteiger partial charge in [-0.05, 0) is 29.7 Å². The molecule has 0 fully saturated rings. The van der Waals surface area contributed by atoms with Crippen LogP contribution < -0.4 is 23.7 Å². The van der Waals surface area contributed by atoms with Crippen molar-refractivity contribution in [2.45, 2.75) is 17.4 Å². The number of halogens is 1. The highest BCUT2D eigenvalue weighted by Crippen LogP contribution is 2.38. The van der Waals surface area contributed by atoms with Gasteiger partial charge in [-0.3, -0.25) is 0 Å². The molecule has 2 aliphatic heterocycles. The highest BCUT2D eigenvalue weighted by Gasteiger charge is 2.28. The molecule has 7 nitrogen and oxygen atoms in total. The topological polar surface area (TPSA) is 83.1 Å². The summed E-state index contributed by atoms with van der Waals surface area (Å²) in [5.74, 6) is 2.01. The molecule has 0 bridgehead atoms. The van der Waals surface area contributed by atoms with Gasteiger partial charge in [0.1, 0.15) is 31.3 Å². The van der Waals surface area contributed by atoms with Crippen molar-refractivity contribution in [1.82, 2.24) is 4.72 Å². The average molecular weight is 488 g/mol. The minimum Gasteiger partial charge on any atom is -0.486 e. The van der Waals surface area contributed by atoms with Crippen LogP contribution in [0, 0.1) is 0 Å². The summed E-state index contributed by atoms with van der Waals surface area (Å²) < 4.78 is 52.1. The molecule has 0 aliphatic carbocycles. The van der Waals surface area contributed by atoms with Gasteiger partial charge in [0, 0.05) is 12.1 Å². The minimum absolute atomic E-state index is 0.0624. The van der Waals surface area contributed by atoms with E-state index in [9.17, 15) is 8.42 Å². The van der Waals surface area contributed by atoms with Crippen molar-refractivity contribution in [2.75, 3.05) is 26.4 Å². The van der Waals surface area contributed by atoms with Crippen LogP contribution in [0.5, 0.6) is 23.0 Å². The van der Waals surface area contributed by atoms with Crippen LogP contribution >= 0.6 is 11.6 Å². The van der Waals surface area contributed by atoms with Gasteiger partial charge >= 0.3 is 0 Å². The fourth-order valence-electron chi connectivity index (χ4n) is 3.86. The van der Waals surface area contributed by atoms with Crippen LogP contribution in [0.1, 0.15) is 17.2 Å². The molecule has 172 valence electrons. The first-order valence-electron chi connectivity index (χ1n) is 10.5. The molecule has 33 heavy (non-hydrogen) atoms. The lowest BCUT2D eigenvalue weighted by Crippen LogP contribution is -2.30. The second-order valence-corrected chi connectivity index (χ2v) is 9.78. The Labute approximate surface area is 197 Å². The summed E-state index contributed by atoms with van der Waals surface area (Å²) in [6, 6.07) is 17.4. The average Bonchev–Trinajstić information content (AvgIpc) is 2.83. The summed E-state index contributed by atoms with van der Waals surface area (Å²) in [6.07, 6.45) is 0.432. The lowest BCUT2D eigenvalue weighted by atomic mass is 9.99. The van der Waals surface area contributed by atoms with E-state index in [0.717, 1.165) is 11.1 Å². The fourth-order valence-corrected chi connectivity index (χ4v) is 5.61. The molecular formula is C24H22ClNO6S. The van der Waals surface area contributed by atoms with Crippen molar-refractivity contribution in [3.05, 3.63) is 76.8 Å². The van der Waals surface area contributed by atoms with Crippen LogP contribution in [0.25, 0.3) is 0 Å². The number of hydrogen-bond donors (Lipinski definition) is 1. The van der Waals surface area contributed by atoms with Crippen LogP contribution in [-0.2, 0) is 16.4 Å². The zero-order chi connectivity index (χ0) is 22.8. The molecule has 2 heterocycles. The van der Waals surface area contributed by atoms with E-state index in [1.165, 1.54) is 12.1 Å². The molecule has 3 aromatic carbocycles. The summed E-state index contributed by atoms with van der Waals surface area (Å²) in [4.78, 5) is -0.0657. The van der Waals surface area contributed by atoms with Gasteiger partial charge in [-0.1, -0.05) is 48.0 Å². The third kappa shape index (κ3) is 4.73. The van der Waals surface area contributed by atoms with Crippen LogP contribution in [0.3, 0.4) is 0 Å². The van der Waals surface area contributed by atoms with Gasteiger partial charge in [-0.15, -0.1) is 0 Å². The zero-order valence-electron chi connectivity index (χ0n) is 17.6. The molecule has 0 radical (unpaired) electrons. The third-order valence-corrected chi connectivity index (χ3v) is 7.37. The quantitative estimate of drug-likeness (QED) is 0.562. The van der Waals surface area contributed by atoms with Gasteiger partial charge < -0.3 is 18.9 Å². The SMILES string of the molecule is O=S(=O)(NC(Cc1ccccc1)c1ccc2c(c1)OCCO2)c1cc2c(cc1Cl)OCCO2. The van der Waals surface area contributed by atoms with Gasteiger partial charge in [-0.2, -0.15) is 0 Å². The predicted molar refractivity (Wildman–Crippen MR) is 123 cm³/mol. The first-order valence-corrected chi connectivity index (χ1v) is 12.4. The van der Waals surface area contributed by atoms with Gasteiger partial charge in [0.15, 0.2) is 23.0 Å². The van der Waals surface area contributed by atoms with E-state index in [-0.39, 0.29) is 9.92 Å². The van der Waals surface area contributed by atoms with Gasteiger partial charge in [0.25, 0.3) is 0 Å². The summed E-state index contributed by atoms with van der Waals surface area (Å²) >= 11 is 6.34. The van der Waals surface area contributed by atoms with E-state index in [4.69, 9.17) is 30.5 Å². The summed E-state index contributed by atoms with van der Waals surface area (Å²) in [7, 11) is -4.00.